The standard InChI is InChI=1S/C24H28N4O3.ClH/c1-16-4-6-18(7-5-16)28-23(17-10-12-25-13-11-17)20(15-26-28)24(29)27-21-14-19(30-2)8-9-22(21)31-3;/h4-9,14-15,17,25H,10-13H2,1-3H3,(H,27,29);1H. The molecule has 0 unspecified atom stereocenters. The lowest BCUT2D eigenvalue weighted by atomic mass is 9.91. The average molecular weight is 457 g/mol. The molecule has 0 spiro atoms. The number of benzene rings is 2. The molecule has 1 aliphatic heterocycles. The maximum Gasteiger partial charge on any atom is 0.259 e. The maximum absolute atomic E-state index is 13.4. The molecule has 0 aliphatic carbocycles. The van der Waals surface area contributed by atoms with Gasteiger partial charge in [0.05, 0.1) is 43.0 Å². The lowest BCUT2D eigenvalue weighted by Gasteiger charge is -2.25. The molecule has 2 heterocycles. The molecule has 0 atom stereocenters. The Balaban J connectivity index is 0.00000289. The molecule has 1 aromatic heterocycles. The Morgan fingerprint density at radius 1 is 1.09 bits per heavy atom. The van der Waals surface area contributed by atoms with Crippen LogP contribution in [-0.4, -0.2) is 43.0 Å². The third-order valence-electron chi connectivity index (χ3n) is 5.71. The van der Waals surface area contributed by atoms with Crippen molar-refractivity contribution in [2.45, 2.75) is 25.7 Å². The van der Waals surface area contributed by atoms with Gasteiger partial charge in [0, 0.05) is 12.0 Å². The number of nitrogens with one attached hydrogen (secondary N) is 2. The van der Waals surface area contributed by atoms with E-state index in [1.165, 1.54) is 5.56 Å². The number of carbonyl (C=O) groups excluding carboxylic acids is 1. The molecule has 170 valence electrons. The summed E-state index contributed by atoms with van der Waals surface area (Å²) >= 11 is 0. The number of hydrogen-bond acceptors (Lipinski definition) is 5. The fourth-order valence-electron chi connectivity index (χ4n) is 4.01. The summed E-state index contributed by atoms with van der Waals surface area (Å²) in [7, 11) is 3.17. The van der Waals surface area contributed by atoms with Gasteiger partial charge in [-0.3, -0.25) is 4.79 Å². The number of piperidine rings is 1. The smallest absolute Gasteiger partial charge is 0.259 e. The van der Waals surface area contributed by atoms with Crippen LogP contribution in [0.25, 0.3) is 5.69 Å². The summed E-state index contributed by atoms with van der Waals surface area (Å²) in [6, 6.07) is 13.5. The van der Waals surface area contributed by atoms with Gasteiger partial charge in [0.1, 0.15) is 11.5 Å². The highest BCUT2D eigenvalue weighted by atomic mass is 35.5. The van der Waals surface area contributed by atoms with Gasteiger partial charge >= 0.3 is 0 Å². The highest BCUT2D eigenvalue weighted by Crippen LogP contribution is 2.33. The Morgan fingerprint density at radius 3 is 2.47 bits per heavy atom. The van der Waals surface area contributed by atoms with Gasteiger partial charge in [0.25, 0.3) is 5.91 Å². The molecule has 1 amide bonds. The van der Waals surface area contributed by atoms with E-state index in [2.05, 4.69) is 34.8 Å². The molecular formula is C24H29ClN4O3. The number of hydrogen-bond donors (Lipinski definition) is 2. The van der Waals surface area contributed by atoms with Crippen molar-refractivity contribution in [1.82, 2.24) is 15.1 Å². The molecule has 1 fully saturated rings. The molecule has 0 bridgehead atoms. The van der Waals surface area contributed by atoms with Crippen LogP contribution in [0.5, 0.6) is 11.5 Å². The zero-order valence-corrected chi connectivity index (χ0v) is 19.4. The lowest BCUT2D eigenvalue weighted by molar-refractivity contribution is 0.102. The predicted molar refractivity (Wildman–Crippen MR) is 128 cm³/mol. The predicted octanol–water partition coefficient (Wildman–Crippen LogP) is 4.34. The first-order valence-corrected chi connectivity index (χ1v) is 10.5. The van der Waals surface area contributed by atoms with Gasteiger partial charge in [0.15, 0.2) is 0 Å². The first-order chi connectivity index (χ1) is 15.1. The van der Waals surface area contributed by atoms with Gasteiger partial charge in [-0.2, -0.15) is 5.10 Å². The Hall–Kier alpha value is -3.03. The van der Waals surface area contributed by atoms with Gasteiger partial charge in [0.2, 0.25) is 0 Å². The summed E-state index contributed by atoms with van der Waals surface area (Å²) in [4.78, 5) is 13.4. The van der Waals surface area contributed by atoms with Gasteiger partial charge in [-0.25, -0.2) is 4.68 Å². The number of aromatic nitrogens is 2. The van der Waals surface area contributed by atoms with Crippen molar-refractivity contribution in [2.75, 3.05) is 32.6 Å². The number of methoxy groups -OCH3 is 2. The number of halogens is 1. The van der Waals surface area contributed by atoms with Crippen LogP contribution in [0.3, 0.4) is 0 Å². The van der Waals surface area contributed by atoms with Crippen molar-refractivity contribution in [2.24, 2.45) is 0 Å². The fourth-order valence-corrected chi connectivity index (χ4v) is 4.01. The van der Waals surface area contributed by atoms with Crippen molar-refractivity contribution in [3.63, 3.8) is 0 Å². The van der Waals surface area contributed by atoms with Crippen LogP contribution in [0.4, 0.5) is 5.69 Å². The van der Waals surface area contributed by atoms with Crippen LogP contribution in [0.1, 0.15) is 40.4 Å². The van der Waals surface area contributed by atoms with Gasteiger partial charge < -0.3 is 20.1 Å². The van der Waals surface area contributed by atoms with Crippen LogP contribution >= 0.6 is 12.4 Å². The summed E-state index contributed by atoms with van der Waals surface area (Å²) < 4.78 is 12.6. The first kappa shape index (κ1) is 23.6. The van der Waals surface area contributed by atoms with Crippen molar-refractivity contribution in [3.05, 3.63) is 65.5 Å². The van der Waals surface area contributed by atoms with Crippen molar-refractivity contribution < 1.29 is 14.3 Å². The summed E-state index contributed by atoms with van der Waals surface area (Å²) in [5.74, 6) is 1.25. The lowest BCUT2D eigenvalue weighted by Crippen LogP contribution is -2.29. The van der Waals surface area contributed by atoms with Gasteiger partial charge in [-0.05, 0) is 57.1 Å². The van der Waals surface area contributed by atoms with Crippen LogP contribution in [0.2, 0.25) is 0 Å². The van der Waals surface area contributed by atoms with E-state index in [0.717, 1.165) is 37.3 Å². The third kappa shape index (κ3) is 4.89. The van der Waals surface area contributed by atoms with E-state index in [4.69, 9.17) is 9.47 Å². The number of anilines is 1. The zero-order valence-electron chi connectivity index (χ0n) is 18.6. The minimum absolute atomic E-state index is 0. The van der Waals surface area contributed by atoms with Gasteiger partial charge in [-0.15, -0.1) is 12.4 Å². The van der Waals surface area contributed by atoms with Crippen LogP contribution in [0.15, 0.2) is 48.7 Å². The monoisotopic (exact) mass is 456 g/mol. The summed E-state index contributed by atoms with van der Waals surface area (Å²) in [6.45, 7) is 3.91. The number of amides is 1. The van der Waals surface area contributed by atoms with Crippen LogP contribution in [0, 0.1) is 6.92 Å². The van der Waals surface area contributed by atoms with E-state index >= 15 is 0 Å². The van der Waals surface area contributed by atoms with Crippen molar-refractivity contribution in [1.29, 1.82) is 0 Å². The molecular weight excluding hydrogens is 428 g/mol. The minimum Gasteiger partial charge on any atom is -0.497 e. The highest BCUT2D eigenvalue weighted by molar-refractivity contribution is 6.06. The fraction of sp³-hybridized carbons (Fsp3) is 0.333. The van der Waals surface area contributed by atoms with E-state index < -0.39 is 0 Å². The summed E-state index contributed by atoms with van der Waals surface area (Å²) in [5.41, 5.74) is 4.23. The molecule has 3 aromatic rings. The minimum atomic E-state index is -0.210. The molecule has 2 N–H and O–H groups in total. The highest BCUT2D eigenvalue weighted by Gasteiger charge is 2.27. The van der Waals surface area contributed by atoms with Crippen LogP contribution < -0.4 is 20.1 Å². The largest absolute Gasteiger partial charge is 0.497 e. The van der Waals surface area contributed by atoms with E-state index in [0.29, 0.717) is 22.7 Å². The van der Waals surface area contributed by atoms with E-state index in [1.807, 2.05) is 16.8 Å². The number of rotatable bonds is 6. The third-order valence-corrected chi connectivity index (χ3v) is 5.71. The van der Waals surface area contributed by atoms with E-state index in [-0.39, 0.29) is 24.2 Å². The van der Waals surface area contributed by atoms with E-state index in [9.17, 15) is 4.79 Å². The molecule has 4 rings (SSSR count). The Morgan fingerprint density at radius 2 is 1.81 bits per heavy atom. The van der Waals surface area contributed by atoms with E-state index in [1.54, 1.807) is 38.6 Å². The Bertz CT molecular complexity index is 1060. The second-order valence-electron chi connectivity index (χ2n) is 7.74. The molecule has 1 aliphatic rings. The maximum atomic E-state index is 13.4. The normalized spacial score (nSPS) is 13.8. The SMILES string of the molecule is COc1ccc(OC)c(NC(=O)c2cnn(-c3ccc(C)cc3)c2C2CCNCC2)c1.Cl. The molecule has 1 saturated heterocycles. The number of carbonyl (C=O) groups is 1. The van der Waals surface area contributed by atoms with Crippen LogP contribution in [-0.2, 0) is 0 Å². The Labute approximate surface area is 194 Å². The molecule has 8 heteroatoms. The topological polar surface area (TPSA) is 77.4 Å². The number of aryl methyl sites for hydroxylation is 1. The average Bonchev–Trinajstić information content (AvgIpc) is 3.25. The second kappa shape index (κ2) is 10.5. The molecule has 0 saturated carbocycles. The van der Waals surface area contributed by atoms with Gasteiger partial charge in [-0.1, -0.05) is 17.7 Å². The molecule has 2 aromatic carbocycles. The molecule has 0 radical (unpaired) electrons. The summed E-state index contributed by atoms with van der Waals surface area (Å²) in [6.07, 6.45) is 3.58. The Kier molecular flexibility index (Phi) is 7.77. The first-order valence-electron chi connectivity index (χ1n) is 10.5. The molecule has 7 nitrogen and oxygen atoms in total. The zero-order chi connectivity index (χ0) is 21.8. The second-order valence-corrected chi connectivity index (χ2v) is 7.74. The summed E-state index contributed by atoms with van der Waals surface area (Å²) in [5, 5.41) is 11.0. The van der Waals surface area contributed by atoms with Crippen molar-refractivity contribution >= 4 is 24.0 Å². The number of nitrogens with zero attached hydrogens (tertiary/aromatic N) is 2. The number of ether oxygens (including phenoxy) is 2. The quantitative estimate of drug-likeness (QED) is 0.577. The molecule has 32 heavy (non-hydrogen) atoms. The van der Waals surface area contributed by atoms with Crippen molar-refractivity contribution in [3.8, 4) is 17.2 Å².